The lowest BCUT2D eigenvalue weighted by Crippen LogP contribution is -2.11. The van der Waals surface area contributed by atoms with Crippen LogP contribution in [0.1, 0.15) is 194 Å². The Morgan fingerprint density at radius 1 is 0.429 bits per heavy atom. The molecule has 0 aromatic heterocycles. The van der Waals surface area contributed by atoms with Crippen LogP contribution in [0.25, 0.3) is 0 Å². The molecule has 0 aliphatic rings. The normalized spacial score (nSPS) is 12.9. The molecule has 0 fully saturated rings. The number of unbranched alkanes of at least 4 members (excludes halogenated alkanes) is 21. The third-order valence-corrected chi connectivity index (χ3v) is 11.1. The van der Waals surface area contributed by atoms with Crippen molar-refractivity contribution in [3.05, 3.63) is 0 Å². The summed E-state index contributed by atoms with van der Waals surface area (Å²) in [5.41, 5.74) is 0. The first-order valence-electron chi connectivity index (χ1n) is 18.2. The van der Waals surface area contributed by atoms with Crippen LogP contribution in [0.2, 0.25) is 0 Å². The monoisotopic (exact) mass is 630 g/mol. The van der Waals surface area contributed by atoms with Gasteiger partial charge in [-0.3, -0.25) is 9.59 Å². The zero-order valence-electron chi connectivity index (χ0n) is 27.9. The SMILES string of the molecule is CCCCCCCCCCCCSC(CCCCCCC(CC(=O)O)SCCCCCCCCCCCC)CC(=O)O. The molecule has 2 atom stereocenters. The van der Waals surface area contributed by atoms with Crippen molar-refractivity contribution in [3.63, 3.8) is 0 Å². The molecule has 0 radical (unpaired) electrons. The minimum absolute atomic E-state index is 0.234. The smallest absolute Gasteiger partial charge is 0.304 e. The largest absolute Gasteiger partial charge is 0.481 e. The number of aliphatic carboxylic acids is 2. The summed E-state index contributed by atoms with van der Waals surface area (Å²) in [6, 6.07) is 0. The van der Waals surface area contributed by atoms with Gasteiger partial charge in [0.15, 0.2) is 0 Å². The second-order valence-electron chi connectivity index (χ2n) is 12.5. The maximum atomic E-state index is 11.4. The predicted octanol–water partition coefficient (Wildman–Crippen LogP) is 12.3. The quantitative estimate of drug-likeness (QED) is 0.0679. The number of carboxylic acid groups (broad SMARTS) is 2. The molecule has 0 aromatic rings. The van der Waals surface area contributed by atoms with E-state index in [1.54, 1.807) is 0 Å². The summed E-state index contributed by atoms with van der Waals surface area (Å²) >= 11 is 3.75. The summed E-state index contributed by atoms with van der Waals surface area (Å²) in [7, 11) is 0. The molecule has 0 heterocycles. The highest BCUT2D eigenvalue weighted by Gasteiger charge is 2.15. The number of hydrogen-bond donors (Lipinski definition) is 2. The average Bonchev–Trinajstić information content (AvgIpc) is 2.95. The van der Waals surface area contributed by atoms with Crippen molar-refractivity contribution in [2.24, 2.45) is 0 Å². The lowest BCUT2D eigenvalue weighted by molar-refractivity contribution is -0.138. The Morgan fingerprint density at radius 2 is 0.690 bits per heavy atom. The van der Waals surface area contributed by atoms with Gasteiger partial charge in [0.1, 0.15) is 0 Å². The van der Waals surface area contributed by atoms with Gasteiger partial charge in [-0.05, 0) is 37.2 Å². The number of thioether (sulfide) groups is 2. The molecule has 0 saturated carbocycles. The molecular formula is C36H70O4S2. The molecule has 250 valence electrons. The zero-order valence-corrected chi connectivity index (χ0v) is 29.5. The fourth-order valence-corrected chi connectivity index (χ4v) is 8.25. The van der Waals surface area contributed by atoms with Crippen LogP contribution in [0, 0.1) is 0 Å². The van der Waals surface area contributed by atoms with Crippen LogP contribution in [0.5, 0.6) is 0 Å². The van der Waals surface area contributed by atoms with E-state index in [1.165, 1.54) is 128 Å². The van der Waals surface area contributed by atoms with Gasteiger partial charge in [0.25, 0.3) is 0 Å². The van der Waals surface area contributed by atoms with Crippen LogP contribution in [0.3, 0.4) is 0 Å². The molecule has 0 aromatic carbocycles. The Morgan fingerprint density at radius 3 is 0.976 bits per heavy atom. The number of hydrogen-bond acceptors (Lipinski definition) is 4. The summed E-state index contributed by atoms with van der Waals surface area (Å²) < 4.78 is 0. The third-order valence-electron chi connectivity index (χ3n) is 8.31. The van der Waals surface area contributed by atoms with E-state index >= 15 is 0 Å². The van der Waals surface area contributed by atoms with Gasteiger partial charge in [-0.25, -0.2) is 0 Å². The lowest BCUT2D eigenvalue weighted by Gasteiger charge is -2.16. The first-order chi connectivity index (χ1) is 20.5. The standard InChI is InChI=1S/C36H70O4S2/c1-3-5-7-9-11-13-15-17-21-25-29-41-33(31-35(37)38)27-23-19-20-24-28-34(32-36(39)40)42-30-26-22-18-16-14-12-10-8-6-4-2/h33-34H,3-32H2,1-2H3,(H,37,38)(H,39,40). The summed E-state index contributed by atoms with van der Waals surface area (Å²) in [5.74, 6) is 0.821. The molecule has 0 spiro atoms. The van der Waals surface area contributed by atoms with Crippen molar-refractivity contribution in [1.82, 2.24) is 0 Å². The number of rotatable bonds is 35. The second-order valence-corrected chi connectivity index (χ2v) is 15.4. The first-order valence-corrected chi connectivity index (χ1v) is 20.3. The molecule has 4 nitrogen and oxygen atoms in total. The van der Waals surface area contributed by atoms with Gasteiger partial charge >= 0.3 is 11.9 Å². The molecular weight excluding hydrogens is 561 g/mol. The molecule has 0 aliphatic carbocycles. The van der Waals surface area contributed by atoms with Gasteiger partial charge < -0.3 is 10.2 Å². The molecule has 2 unspecified atom stereocenters. The van der Waals surface area contributed by atoms with Crippen molar-refractivity contribution in [2.45, 2.75) is 204 Å². The number of carboxylic acids is 2. The van der Waals surface area contributed by atoms with Crippen molar-refractivity contribution in [2.75, 3.05) is 11.5 Å². The molecule has 0 saturated heterocycles. The summed E-state index contributed by atoms with van der Waals surface area (Å²) in [6.45, 7) is 4.53. The zero-order chi connectivity index (χ0) is 30.9. The third kappa shape index (κ3) is 32.6. The lowest BCUT2D eigenvalue weighted by atomic mass is 10.1. The van der Waals surface area contributed by atoms with Gasteiger partial charge in [0.2, 0.25) is 0 Å². The van der Waals surface area contributed by atoms with Crippen LogP contribution in [-0.2, 0) is 9.59 Å². The fraction of sp³-hybridized carbons (Fsp3) is 0.944. The van der Waals surface area contributed by atoms with Crippen LogP contribution in [0.15, 0.2) is 0 Å². The second kappa shape index (κ2) is 33.5. The van der Waals surface area contributed by atoms with Crippen LogP contribution >= 0.6 is 23.5 Å². The van der Waals surface area contributed by atoms with E-state index in [-0.39, 0.29) is 23.3 Å². The molecule has 0 amide bonds. The van der Waals surface area contributed by atoms with Crippen molar-refractivity contribution < 1.29 is 19.8 Å². The Bertz CT molecular complexity index is 537. The van der Waals surface area contributed by atoms with Crippen LogP contribution < -0.4 is 0 Å². The van der Waals surface area contributed by atoms with E-state index in [0.717, 1.165) is 50.0 Å². The Balaban J connectivity index is 3.89. The summed E-state index contributed by atoms with van der Waals surface area (Å²) in [5, 5.41) is 19.2. The first kappa shape index (κ1) is 41.6. The predicted molar refractivity (Wildman–Crippen MR) is 188 cm³/mol. The molecule has 6 heteroatoms. The van der Waals surface area contributed by atoms with Gasteiger partial charge in [0.05, 0.1) is 12.8 Å². The highest BCUT2D eigenvalue weighted by atomic mass is 32.2. The highest BCUT2D eigenvalue weighted by Crippen LogP contribution is 2.26. The Labute approximate surface area is 270 Å². The number of carbonyl (C=O) groups is 2. The van der Waals surface area contributed by atoms with Crippen LogP contribution in [0.4, 0.5) is 0 Å². The minimum Gasteiger partial charge on any atom is -0.481 e. The van der Waals surface area contributed by atoms with Gasteiger partial charge in [-0.15, -0.1) is 0 Å². The molecule has 0 bridgehead atoms. The topological polar surface area (TPSA) is 74.6 Å². The highest BCUT2D eigenvalue weighted by molar-refractivity contribution is 8.00. The van der Waals surface area contributed by atoms with Crippen molar-refractivity contribution in [3.8, 4) is 0 Å². The average molecular weight is 631 g/mol. The van der Waals surface area contributed by atoms with Gasteiger partial charge in [-0.1, -0.05) is 155 Å². The van der Waals surface area contributed by atoms with Gasteiger partial charge in [0, 0.05) is 10.5 Å². The molecule has 2 N–H and O–H groups in total. The van der Waals surface area contributed by atoms with Gasteiger partial charge in [-0.2, -0.15) is 23.5 Å². The van der Waals surface area contributed by atoms with E-state index in [9.17, 15) is 19.8 Å². The maximum Gasteiger partial charge on any atom is 0.304 e. The van der Waals surface area contributed by atoms with Crippen molar-refractivity contribution in [1.29, 1.82) is 0 Å². The van der Waals surface area contributed by atoms with E-state index < -0.39 is 11.9 Å². The maximum absolute atomic E-state index is 11.4. The van der Waals surface area contributed by atoms with E-state index in [1.807, 2.05) is 23.5 Å². The summed E-state index contributed by atoms with van der Waals surface area (Å²) in [4.78, 5) is 22.7. The molecule has 0 aliphatic heterocycles. The minimum atomic E-state index is -0.675. The molecule has 0 rings (SSSR count). The van der Waals surface area contributed by atoms with E-state index in [2.05, 4.69) is 13.8 Å². The Kier molecular flexibility index (Phi) is 33.2. The fourth-order valence-electron chi connectivity index (χ4n) is 5.65. The summed E-state index contributed by atoms with van der Waals surface area (Å²) in [6.07, 6.45) is 33.7. The Hall–Kier alpha value is -0.360. The van der Waals surface area contributed by atoms with E-state index in [0.29, 0.717) is 0 Å². The van der Waals surface area contributed by atoms with Crippen LogP contribution in [-0.4, -0.2) is 44.2 Å². The van der Waals surface area contributed by atoms with Crippen molar-refractivity contribution >= 4 is 35.5 Å². The molecule has 42 heavy (non-hydrogen) atoms. The van der Waals surface area contributed by atoms with E-state index in [4.69, 9.17) is 0 Å².